The molecule has 4 rings (SSSR count). The molecule has 2 heterocycles. The van der Waals surface area contributed by atoms with Gasteiger partial charge < -0.3 is 4.84 Å². The number of rotatable bonds is 4. The van der Waals surface area contributed by atoms with Crippen LogP contribution in [0.4, 0.5) is 18.9 Å². The summed E-state index contributed by atoms with van der Waals surface area (Å²) in [5.74, 6) is 0. The van der Waals surface area contributed by atoms with Gasteiger partial charge in [-0.3, -0.25) is 10.4 Å². The molecule has 1 aliphatic heterocycles. The van der Waals surface area contributed by atoms with E-state index in [-0.39, 0.29) is 43.5 Å². The summed E-state index contributed by atoms with van der Waals surface area (Å²) in [5.41, 5.74) is -2.95. The molecule has 0 fully saturated rings. The molecule has 0 bridgehead atoms. The molecular formula is C18H12Cl2F3N5O3. The van der Waals surface area contributed by atoms with Crippen molar-refractivity contribution in [3.63, 3.8) is 0 Å². The normalized spacial score (nSPS) is 18.6. The van der Waals surface area contributed by atoms with Crippen LogP contribution in [0.2, 0.25) is 10.0 Å². The third kappa shape index (κ3) is 3.81. The van der Waals surface area contributed by atoms with Gasteiger partial charge in [-0.05, 0) is 30.3 Å². The lowest BCUT2D eigenvalue weighted by atomic mass is 9.86. The third-order valence-corrected chi connectivity index (χ3v) is 5.14. The molecule has 3 aromatic rings. The molecule has 0 saturated heterocycles. The van der Waals surface area contributed by atoms with Gasteiger partial charge in [0.2, 0.25) is 0 Å². The summed E-state index contributed by atoms with van der Waals surface area (Å²) in [6.45, 7) is 0. The predicted molar refractivity (Wildman–Crippen MR) is 104 cm³/mol. The number of anilines is 1. The average molecular weight is 474 g/mol. The van der Waals surface area contributed by atoms with Gasteiger partial charge in [-0.25, -0.2) is 9.67 Å². The summed E-state index contributed by atoms with van der Waals surface area (Å²) in [4.78, 5) is 8.72. The van der Waals surface area contributed by atoms with E-state index in [1.165, 1.54) is 41.6 Å². The molecule has 0 saturated carbocycles. The van der Waals surface area contributed by atoms with E-state index in [9.17, 15) is 23.6 Å². The highest BCUT2D eigenvalue weighted by Gasteiger charge is 2.62. The van der Waals surface area contributed by atoms with Gasteiger partial charge in [0.1, 0.15) is 18.3 Å². The summed E-state index contributed by atoms with van der Waals surface area (Å²) in [5, 5.41) is 26.6. The van der Waals surface area contributed by atoms with Crippen molar-refractivity contribution >= 4 is 34.6 Å². The SMILES string of the molecule is ON(O)c1cc(C2=NOC(c3cc(Cl)cc(Cl)c3)(C(F)(F)F)C2)ccc1-n1cncn1. The molecule has 0 radical (unpaired) electrons. The fraction of sp³-hybridized carbons (Fsp3) is 0.167. The molecular weight excluding hydrogens is 462 g/mol. The second kappa shape index (κ2) is 7.68. The molecule has 1 aliphatic rings. The molecule has 0 aliphatic carbocycles. The Morgan fingerprint density at radius 2 is 1.81 bits per heavy atom. The van der Waals surface area contributed by atoms with Crippen LogP contribution in [-0.4, -0.2) is 37.1 Å². The first-order valence-corrected chi connectivity index (χ1v) is 9.32. The largest absolute Gasteiger partial charge is 0.435 e. The zero-order valence-corrected chi connectivity index (χ0v) is 16.8. The maximum Gasteiger partial charge on any atom is 0.435 e. The van der Waals surface area contributed by atoms with Crippen molar-refractivity contribution < 1.29 is 28.4 Å². The van der Waals surface area contributed by atoms with E-state index in [0.717, 1.165) is 12.1 Å². The van der Waals surface area contributed by atoms with Crippen molar-refractivity contribution in [2.45, 2.75) is 18.2 Å². The Morgan fingerprint density at radius 1 is 1.10 bits per heavy atom. The second-order valence-electron chi connectivity index (χ2n) is 6.62. The van der Waals surface area contributed by atoms with Crippen molar-refractivity contribution in [2.24, 2.45) is 5.16 Å². The second-order valence-corrected chi connectivity index (χ2v) is 7.49. The third-order valence-electron chi connectivity index (χ3n) is 4.70. The molecule has 1 unspecified atom stereocenters. The molecule has 0 spiro atoms. The smallest absolute Gasteiger partial charge is 0.374 e. The minimum atomic E-state index is -4.85. The Kier molecular flexibility index (Phi) is 5.30. The van der Waals surface area contributed by atoms with Crippen LogP contribution < -0.4 is 5.23 Å². The summed E-state index contributed by atoms with van der Waals surface area (Å²) in [6, 6.07) is 7.63. The van der Waals surface area contributed by atoms with E-state index in [1.807, 2.05) is 0 Å². The van der Waals surface area contributed by atoms with Gasteiger partial charge >= 0.3 is 6.18 Å². The number of benzene rings is 2. The van der Waals surface area contributed by atoms with Crippen molar-refractivity contribution in [1.29, 1.82) is 0 Å². The highest BCUT2D eigenvalue weighted by molar-refractivity contribution is 6.34. The van der Waals surface area contributed by atoms with Crippen LogP contribution in [0.1, 0.15) is 17.5 Å². The first-order valence-electron chi connectivity index (χ1n) is 8.56. The van der Waals surface area contributed by atoms with E-state index < -0.39 is 18.2 Å². The van der Waals surface area contributed by atoms with E-state index in [2.05, 4.69) is 15.2 Å². The molecule has 2 N–H and O–H groups in total. The Morgan fingerprint density at radius 3 is 2.39 bits per heavy atom. The quantitative estimate of drug-likeness (QED) is 0.531. The van der Waals surface area contributed by atoms with E-state index in [1.54, 1.807) is 0 Å². The Hall–Kier alpha value is -2.86. The van der Waals surface area contributed by atoms with Gasteiger partial charge in [-0.15, -0.1) is 5.23 Å². The molecule has 0 amide bonds. The number of oxime groups is 1. The first-order chi connectivity index (χ1) is 14.6. The Labute approximate surface area is 182 Å². The van der Waals surface area contributed by atoms with Gasteiger partial charge in [0.25, 0.3) is 5.60 Å². The fourth-order valence-electron chi connectivity index (χ4n) is 3.24. The minimum absolute atomic E-state index is 0.0128. The molecule has 13 heteroatoms. The topological polar surface area (TPSA) is 96.0 Å². The monoisotopic (exact) mass is 473 g/mol. The van der Waals surface area contributed by atoms with Crippen molar-refractivity contribution in [2.75, 3.05) is 5.23 Å². The molecule has 1 aromatic heterocycles. The van der Waals surface area contributed by atoms with Gasteiger partial charge in [0, 0.05) is 27.6 Å². The maximum absolute atomic E-state index is 14.1. The standard InChI is InChI=1S/C18H12Cl2F3N5O3/c19-12-4-11(5-13(20)6-12)17(18(21,22)23)7-14(26-31-17)10-1-2-15(16(3-10)28(29)30)27-9-24-8-25-27/h1-6,8-9,29-30H,7H2. The summed E-state index contributed by atoms with van der Waals surface area (Å²) in [6.07, 6.45) is -2.99. The van der Waals surface area contributed by atoms with Crippen LogP contribution in [-0.2, 0) is 10.4 Å². The van der Waals surface area contributed by atoms with Crippen LogP contribution >= 0.6 is 23.2 Å². The lowest BCUT2D eigenvalue weighted by Gasteiger charge is -2.29. The van der Waals surface area contributed by atoms with Gasteiger partial charge in [-0.2, -0.15) is 18.3 Å². The van der Waals surface area contributed by atoms with Crippen LogP contribution in [0.25, 0.3) is 5.69 Å². The zero-order chi connectivity index (χ0) is 22.4. The summed E-state index contributed by atoms with van der Waals surface area (Å²) >= 11 is 11.8. The minimum Gasteiger partial charge on any atom is -0.374 e. The Bertz CT molecular complexity index is 1130. The van der Waals surface area contributed by atoms with Crippen LogP contribution in [0.15, 0.2) is 54.2 Å². The number of aromatic nitrogens is 3. The number of nitrogens with zero attached hydrogens (tertiary/aromatic N) is 5. The lowest BCUT2D eigenvalue weighted by molar-refractivity contribution is -0.275. The molecule has 162 valence electrons. The van der Waals surface area contributed by atoms with Gasteiger partial charge in [0.05, 0.1) is 11.4 Å². The number of hydrogen-bond donors (Lipinski definition) is 2. The van der Waals surface area contributed by atoms with E-state index >= 15 is 0 Å². The maximum atomic E-state index is 14.1. The van der Waals surface area contributed by atoms with E-state index in [0.29, 0.717) is 0 Å². The zero-order valence-electron chi connectivity index (χ0n) is 15.3. The molecule has 8 nitrogen and oxygen atoms in total. The van der Waals surface area contributed by atoms with Crippen LogP contribution in [0.3, 0.4) is 0 Å². The Balaban J connectivity index is 1.75. The number of halogens is 5. The van der Waals surface area contributed by atoms with Crippen molar-refractivity contribution in [3.05, 3.63) is 70.2 Å². The fourth-order valence-corrected chi connectivity index (χ4v) is 3.76. The summed E-state index contributed by atoms with van der Waals surface area (Å²) in [7, 11) is 0. The molecule has 31 heavy (non-hydrogen) atoms. The first kappa shape index (κ1) is 21.4. The van der Waals surface area contributed by atoms with Gasteiger partial charge in [-0.1, -0.05) is 34.4 Å². The van der Waals surface area contributed by atoms with E-state index in [4.69, 9.17) is 28.0 Å². The van der Waals surface area contributed by atoms with Crippen molar-refractivity contribution in [3.8, 4) is 5.69 Å². The van der Waals surface area contributed by atoms with Crippen molar-refractivity contribution in [1.82, 2.24) is 14.8 Å². The number of alkyl halides is 3. The molecule has 1 atom stereocenters. The predicted octanol–water partition coefficient (Wildman–Crippen LogP) is 4.74. The average Bonchev–Trinajstić information content (AvgIpc) is 3.37. The highest BCUT2D eigenvalue weighted by atomic mass is 35.5. The molecule has 2 aromatic carbocycles. The van der Waals surface area contributed by atoms with Crippen LogP contribution in [0, 0.1) is 0 Å². The number of hydrogen-bond acceptors (Lipinski definition) is 7. The lowest BCUT2D eigenvalue weighted by Crippen LogP contribution is -2.42. The van der Waals surface area contributed by atoms with Gasteiger partial charge in [0.15, 0.2) is 0 Å². The van der Waals surface area contributed by atoms with Crippen LogP contribution in [0.5, 0.6) is 0 Å². The highest BCUT2D eigenvalue weighted by Crippen LogP contribution is 2.49. The summed E-state index contributed by atoms with van der Waals surface area (Å²) < 4.78 is 43.6.